The van der Waals surface area contributed by atoms with Crippen molar-refractivity contribution in [1.82, 2.24) is 5.32 Å². The van der Waals surface area contributed by atoms with Crippen molar-refractivity contribution in [3.8, 4) is 5.75 Å². The fourth-order valence-electron chi connectivity index (χ4n) is 2.60. The summed E-state index contributed by atoms with van der Waals surface area (Å²) in [5.41, 5.74) is 0.777. The molecule has 3 rings (SSSR count). The van der Waals surface area contributed by atoms with E-state index in [1.54, 1.807) is 24.3 Å². The van der Waals surface area contributed by atoms with Crippen LogP contribution in [0.4, 0.5) is 0 Å². The molecular weight excluding hydrogens is 214 g/mol. The molecule has 17 heavy (non-hydrogen) atoms. The Kier molecular flexibility index (Phi) is 2.35. The third kappa shape index (κ3) is 2.02. The average Bonchev–Trinajstić information content (AvgIpc) is 3.17. The minimum absolute atomic E-state index is 0.0567. The summed E-state index contributed by atoms with van der Waals surface area (Å²) in [7, 11) is 0. The fourth-order valence-corrected chi connectivity index (χ4v) is 2.60. The molecule has 3 nitrogen and oxygen atoms in total. The van der Waals surface area contributed by atoms with Gasteiger partial charge in [-0.15, -0.1) is 0 Å². The normalized spacial score (nSPS) is 20.9. The Bertz CT molecular complexity index is 447. The monoisotopic (exact) mass is 231 g/mol. The number of para-hydroxylation sites is 1. The highest BCUT2D eigenvalue weighted by Gasteiger charge is 2.53. The molecule has 2 aliphatic rings. The summed E-state index contributed by atoms with van der Waals surface area (Å²) in [6, 6.07) is 6.69. The molecule has 2 aliphatic carbocycles. The first-order chi connectivity index (χ1) is 8.21. The van der Waals surface area contributed by atoms with Crippen LogP contribution in [0.15, 0.2) is 24.3 Å². The lowest BCUT2D eigenvalue weighted by molar-refractivity contribution is 0.0940. The molecule has 0 unspecified atom stereocenters. The second-order valence-electron chi connectivity index (χ2n) is 5.34. The topological polar surface area (TPSA) is 49.3 Å². The van der Waals surface area contributed by atoms with Crippen molar-refractivity contribution in [2.24, 2.45) is 11.3 Å². The molecule has 0 heterocycles. The Balaban J connectivity index is 1.62. The van der Waals surface area contributed by atoms with E-state index in [1.165, 1.54) is 25.7 Å². The molecule has 3 heteroatoms. The molecule has 2 fully saturated rings. The van der Waals surface area contributed by atoms with Crippen molar-refractivity contribution in [2.75, 3.05) is 6.54 Å². The number of rotatable bonds is 4. The van der Waals surface area contributed by atoms with Gasteiger partial charge in [0.05, 0.1) is 5.56 Å². The standard InChI is InChI=1S/C14H17NO2/c16-12-4-2-1-3-11(12)13(17)15-9-14(7-8-14)10-5-6-10/h1-4,10,16H,5-9H2,(H,15,17). The average molecular weight is 231 g/mol. The van der Waals surface area contributed by atoms with E-state index in [-0.39, 0.29) is 11.7 Å². The molecule has 0 bridgehead atoms. The summed E-state index contributed by atoms with van der Waals surface area (Å²) in [5, 5.41) is 12.6. The van der Waals surface area contributed by atoms with Crippen molar-refractivity contribution in [3.63, 3.8) is 0 Å². The van der Waals surface area contributed by atoms with Crippen LogP contribution in [0.5, 0.6) is 5.75 Å². The van der Waals surface area contributed by atoms with Crippen molar-refractivity contribution in [1.29, 1.82) is 0 Å². The number of amides is 1. The van der Waals surface area contributed by atoms with Gasteiger partial charge in [0.2, 0.25) is 0 Å². The minimum Gasteiger partial charge on any atom is -0.507 e. The first-order valence-corrected chi connectivity index (χ1v) is 6.27. The number of phenolic OH excluding ortho intramolecular Hbond substituents is 1. The van der Waals surface area contributed by atoms with Gasteiger partial charge < -0.3 is 10.4 Å². The molecular formula is C14H17NO2. The predicted octanol–water partition coefficient (Wildman–Crippen LogP) is 2.31. The predicted molar refractivity (Wildman–Crippen MR) is 64.8 cm³/mol. The lowest BCUT2D eigenvalue weighted by Crippen LogP contribution is -2.31. The van der Waals surface area contributed by atoms with E-state index >= 15 is 0 Å². The Labute approximate surface area is 101 Å². The van der Waals surface area contributed by atoms with Gasteiger partial charge in [-0.1, -0.05) is 12.1 Å². The van der Waals surface area contributed by atoms with Crippen LogP contribution in [0.25, 0.3) is 0 Å². The molecule has 1 aromatic carbocycles. The fraction of sp³-hybridized carbons (Fsp3) is 0.500. The van der Waals surface area contributed by atoms with Crippen LogP contribution in [0.2, 0.25) is 0 Å². The summed E-state index contributed by atoms with van der Waals surface area (Å²) in [5.74, 6) is 0.739. The lowest BCUT2D eigenvalue weighted by atomic mass is 10.0. The number of hydrogen-bond acceptors (Lipinski definition) is 2. The van der Waals surface area contributed by atoms with Gasteiger partial charge in [-0.3, -0.25) is 4.79 Å². The van der Waals surface area contributed by atoms with E-state index in [0.29, 0.717) is 11.0 Å². The number of aromatic hydroxyl groups is 1. The highest BCUT2D eigenvalue weighted by atomic mass is 16.3. The molecule has 90 valence electrons. The maximum atomic E-state index is 11.9. The quantitative estimate of drug-likeness (QED) is 0.835. The zero-order valence-corrected chi connectivity index (χ0v) is 9.78. The summed E-state index contributed by atoms with van der Waals surface area (Å²) in [6.07, 6.45) is 5.15. The second-order valence-corrected chi connectivity index (χ2v) is 5.34. The van der Waals surface area contributed by atoms with Gasteiger partial charge in [-0.25, -0.2) is 0 Å². The summed E-state index contributed by atoms with van der Waals surface area (Å²) in [4.78, 5) is 11.9. The van der Waals surface area contributed by atoms with Crippen LogP contribution in [-0.4, -0.2) is 17.6 Å². The number of benzene rings is 1. The highest BCUT2D eigenvalue weighted by Crippen LogP contribution is 2.60. The van der Waals surface area contributed by atoms with Crippen LogP contribution in [0.1, 0.15) is 36.0 Å². The van der Waals surface area contributed by atoms with Crippen molar-refractivity contribution < 1.29 is 9.90 Å². The number of nitrogens with one attached hydrogen (secondary N) is 1. The molecule has 1 amide bonds. The first-order valence-electron chi connectivity index (χ1n) is 6.27. The third-order valence-electron chi connectivity index (χ3n) is 4.09. The summed E-state index contributed by atoms with van der Waals surface area (Å²) < 4.78 is 0. The van der Waals surface area contributed by atoms with E-state index in [4.69, 9.17) is 0 Å². The van der Waals surface area contributed by atoms with Gasteiger partial charge in [0.25, 0.3) is 5.91 Å². The Morgan fingerprint density at radius 1 is 1.35 bits per heavy atom. The number of carbonyl (C=O) groups is 1. The maximum absolute atomic E-state index is 11.9. The van der Waals surface area contributed by atoms with Gasteiger partial charge in [0.1, 0.15) is 5.75 Å². The first kappa shape index (κ1) is 10.6. The summed E-state index contributed by atoms with van der Waals surface area (Å²) >= 11 is 0. The lowest BCUT2D eigenvalue weighted by Gasteiger charge is -2.15. The van der Waals surface area contributed by atoms with Crippen LogP contribution < -0.4 is 5.32 Å². The van der Waals surface area contributed by atoms with Crippen LogP contribution in [-0.2, 0) is 0 Å². The van der Waals surface area contributed by atoms with E-state index in [2.05, 4.69) is 5.32 Å². The smallest absolute Gasteiger partial charge is 0.255 e. The SMILES string of the molecule is O=C(NCC1(C2CC2)CC1)c1ccccc1O. The van der Waals surface area contributed by atoms with E-state index in [9.17, 15) is 9.90 Å². The number of phenols is 1. The van der Waals surface area contributed by atoms with E-state index in [0.717, 1.165) is 12.5 Å². The Morgan fingerprint density at radius 2 is 2.06 bits per heavy atom. The third-order valence-corrected chi connectivity index (χ3v) is 4.09. The van der Waals surface area contributed by atoms with Crippen LogP contribution in [0, 0.1) is 11.3 Å². The molecule has 2 N–H and O–H groups in total. The second kappa shape index (κ2) is 3.76. The Hall–Kier alpha value is -1.51. The van der Waals surface area contributed by atoms with Gasteiger partial charge in [-0.2, -0.15) is 0 Å². The zero-order valence-electron chi connectivity index (χ0n) is 9.78. The van der Waals surface area contributed by atoms with E-state index < -0.39 is 0 Å². The molecule has 0 saturated heterocycles. The highest BCUT2D eigenvalue weighted by molar-refractivity contribution is 5.96. The molecule has 0 aromatic heterocycles. The largest absolute Gasteiger partial charge is 0.507 e. The van der Waals surface area contributed by atoms with Gasteiger partial charge in [-0.05, 0) is 49.1 Å². The molecule has 0 spiro atoms. The summed E-state index contributed by atoms with van der Waals surface area (Å²) in [6.45, 7) is 0.769. The van der Waals surface area contributed by atoms with E-state index in [1.807, 2.05) is 0 Å². The zero-order chi connectivity index (χ0) is 11.9. The maximum Gasteiger partial charge on any atom is 0.255 e. The molecule has 0 radical (unpaired) electrons. The van der Waals surface area contributed by atoms with Gasteiger partial charge in [0, 0.05) is 6.54 Å². The number of carbonyl (C=O) groups excluding carboxylic acids is 1. The molecule has 2 saturated carbocycles. The van der Waals surface area contributed by atoms with Gasteiger partial charge >= 0.3 is 0 Å². The van der Waals surface area contributed by atoms with Crippen LogP contribution in [0.3, 0.4) is 0 Å². The number of hydrogen-bond donors (Lipinski definition) is 2. The van der Waals surface area contributed by atoms with Gasteiger partial charge in [0.15, 0.2) is 0 Å². The molecule has 0 aliphatic heterocycles. The Morgan fingerprint density at radius 3 is 2.65 bits per heavy atom. The van der Waals surface area contributed by atoms with Crippen molar-refractivity contribution in [2.45, 2.75) is 25.7 Å². The molecule has 1 aromatic rings. The van der Waals surface area contributed by atoms with Crippen LogP contribution >= 0.6 is 0 Å². The van der Waals surface area contributed by atoms with Crippen molar-refractivity contribution in [3.05, 3.63) is 29.8 Å². The minimum atomic E-state index is -0.157. The van der Waals surface area contributed by atoms with Crippen molar-refractivity contribution >= 4 is 5.91 Å². The molecule has 0 atom stereocenters.